The van der Waals surface area contributed by atoms with E-state index in [9.17, 15) is 9.90 Å². The van der Waals surface area contributed by atoms with Crippen molar-refractivity contribution < 1.29 is 19.1 Å². The fourth-order valence-corrected chi connectivity index (χ4v) is 1.92. The van der Waals surface area contributed by atoms with Crippen LogP contribution in [0, 0.1) is 0 Å². The Balaban J connectivity index is 2.71. The van der Waals surface area contributed by atoms with Gasteiger partial charge in [-0.05, 0) is 27.7 Å². The molecule has 0 radical (unpaired) electrons. The van der Waals surface area contributed by atoms with Crippen molar-refractivity contribution in [2.75, 3.05) is 19.6 Å². The number of quaternary nitrogens is 1. The number of rotatable bonds is 1. The van der Waals surface area contributed by atoms with E-state index in [2.05, 4.69) is 0 Å². The minimum absolute atomic E-state index is 0.207. The average molecular weight is 216 g/mol. The van der Waals surface area contributed by atoms with Gasteiger partial charge in [0.2, 0.25) is 0 Å². The lowest BCUT2D eigenvalue weighted by Gasteiger charge is -2.31. The highest BCUT2D eigenvalue weighted by Gasteiger charge is 2.45. The normalized spacial score (nSPS) is 31.7. The van der Waals surface area contributed by atoms with Gasteiger partial charge >= 0.3 is 6.09 Å². The zero-order valence-corrected chi connectivity index (χ0v) is 10.1. The predicted molar refractivity (Wildman–Crippen MR) is 57.4 cm³/mol. The largest absolute Gasteiger partial charge is 0.516 e. The van der Waals surface area contributed by atoms with Crippen LogP contribution in [0.4, 0.5) is 4.79 Å². The van der Waals surface area contributed by atoms with Crippen LogP contribution >= 0.6 is 0 Å². The Bertz CT molecular complexity index is 247. The van der Waals surface area contributed by atoms with Crippen LogP contribution in [0.3, 0.4) is 0 Å². The maximum Gasteiger partial charge on any atom is 0.516 e. The number of carbonyl (C=O) groups excluding carboxylic acids is 1. The minimum Gasteiger partial charge on any atom is -0.414 e. The Kier molecular flexibility index (Phi) is 3.41. The first-order chi connectivity index (χ1) is 6.79. The maximum atomic E-state index is 12.0. The monoisotopic (exact) mass is 216 g/mol. The van der Waals surface area contributed by atoms with Gasteiger partial charge < -0.3 is 9.84 Å². The number of likely N-dealkylation sites (N-methyl/N-ethyl adjacent to an activating group) is 1. The van der Waals surface area contributed by atoms with Crippen molar-refractivity contribution in [3.8, 4) is 0 Å². The molecule has 1 aliphatic heterocycles. The standard InChI is InChI=1S/C11H22NO3/c1-5-12(7-6-9(13)8-12)10(14)15-11(2,3)4/h9,13H,5-8H2,1-4H3/q+1. The highest BCUT2D eigenvalue weighted by Crippen LogP contribution is 2.23. The van der Waals surface area contributed by atoms with Crippen LogP contribution in [0.25, 0.3) is 0 Å². The molecule has 88 valence electrons. The zero-order valence-electron chi connectivity index (χ0n) is 10.1. The number of ether oxygens (including phenoxy) is 1. The van der Waals surface area contributed by atoms with E-state index in [4.69, 9.17) is 4.74 Å². The number of amides is 1. The molecule has 2 atom stereocenters. The molecule has 1 saturated heterocycles. The Morgan fingerprint density at radius 1 is 1.53 bits per heavy atom. The second kappa shape index (κ2) is 4.10. The van der Waals surface area contributed by atoms with Gasteiger partial charge in [0.1, 0.15) is 18.2 Å². The molecule has 0 aromatic heterocycles. The van der Waals surface area contributed by atoms with Gasteiger partial charge in [-0.3, -0.25) is 0 Å². The average Bonchev–Trinajstić information content (AvgIpc) is 2.45. The molecule has 1 heterocycles. The van der Waals surface area contributed by atoms with Crippen molar-refractivity contribution in [1.29, 1.82) is 0 Å². The Morgan fingerprint density at radius 2 is 2.13 bits per heavy atom. The summed E-state index contributed by atoms with van der Waals surface area (Å²) >= 11 is 0. The van der Waals surface area contributed by atoms with E-state index in [1.54, 1.807) is 0 Å². The number of likely N-dealkylation sites (tertiary alicyclic amines) is 1. The summed E-state index contributed by atoms with van der Waals surface area (Å²) in [5, 5.41) is 9.52. The lowest BCUT2D eigenvalue weighted by Crippen LogP contribution is -2.53. The molecule has 4 heteroatoms. The quantitative estimate of drug-likeness (QED) is 0.676. The van der Waals surface area contributed by atoms with Crippen LogP contribution in [0.1, 0.15) is 34.1 Å². The third kappa shape index (κ3) is 2.92. The van der Waals surface area contributed by atoms with E-state index in [1.165, 1.54) is 0 Å². The molecule has 1 aliphatic rings. The Morgan fingerprint density at radius 3 is 2.47 bits per heavy atom. The van der Waals surface area contributed by atoms with Gasteiger partial charge in [0.25, 0.3) is 0 Å². The van der Waals surface area contributed by atoms with E-state index in [1.807, 2.05) is 27.7 Å². The van der Waals surface area contributed by atoms with E-state index in [-0.39, 0.29) is 16.7 Å². The topological polar surface area (TPSA) is 46.5 Å². The predicted octanol–water partition coefficient (Wildman–Crippen LogP) is 1.52. The van der Waals surface area contributed by atoms with Crippen molar-refractivity contribution >= 4 is 6.09 Å². The molecule has 1 fully saturated rings. The molecule has 0 spiro atoms. The van der Waals surface area contributed by atoms with Crippen LogP contribution in [-0.4, -0.2) is 47.0 Å². The van der Waals surface area contributed by atoms with Crippen LogP contribution in [0.2, 0.25) is 0 Å². The Labute approximate surface area is 91.4 Å². The number of carbonyl (C=O) groups is 1. The second-order valence-electron chi connectivity index (χ2n) is 5.29. The summed E-state index contributed by atoms with van der Waals surface area (Å²) in [5.41, 5.74) is -0.453. The van der Waals surface area contributed by atoms with Gasteiger partial charge in [0, 0.05) is 6.42 Å². The first-order valence-corrected chi connectivity index (χ1v) is 5.57. The van der Waals surface area contributed by atoms with Crippen molar-refractivity contribution in [3.05, 3.63) is 0 Å². The second-order valence-corrected chi connectivity index (χ2v) is 5.29. The van der Waals surface area contributed by atoms with E-state index in [0.717, 1.165) is 0 Å². The van der Waals surface area contributed by atoms with Crippen LogP contribution in [0.5, 0.6) is 0 Å². The molecule has 4 nitrogen and oxygen atoms in total. The third-order valence-electron chi connectivity index (χ3n) is 2.84. The fourth-order valence-electron chi connectivity index (χ4n) is 1.92. The molecule has 0 saturated carbocycles. The highest BCUT2D eigenvalue weighted by molar-refractivity contribution is 5.60. The van der Waals surface area contributed by atoms with Gasteiger partial charge in [-0.1, -0.05) is 0 Å². The summed E-state index contributed by atoms with van der Waals surface area (Å²) in [6.07, 6.45) is 0.117. The summed E-state index contributed by atoms with van der Waals surface area (Å²) in [4.78, 5) is 12.0. The SMILES string of the molecule is CC[N+]1(C(=O)OC(C)(C)C)CCC(O)C1. The number of hydrogen-bond donors (Lipinski definition) is 1. The molecule has 1 amide bonds. The molecule has 0 bridgehead atoms. The summed E-state index contributed by atoms with van der Waals surface area (Å²) in [7, 11) is 0. The van der Waals surface area contributed by atoms with E-state index >= 15 is 0 Å². The zero-order chi connectivity index (χ0) is 11.7. The first kappa shape index (κ1) is 12.5. The minimum atomic E-state index is -0.453. The molecule has 2 unspecified atom stereocenters. The number of hydrogen-bond acceptors (Lipinski definition) is 3. The number of nitrogens with zero attached hydrogens (tertiary/aromatic N) is 1. The van der Waals surface area contributed by atoms with Gasteiger partial charge in [0.15, 0.2) is 0 Å². The molecule has 0 aromatic rings. The summed E-state index contributed by atoms with van der Waals surface area (Å²) in [6.45, 7) is 9.42. The van der Waals surface area contributed by atoms with Crippen LogP contribution < -0.4 is 0 Å². The van der Waals surface area contributed by atoms with Crippen LogP contribution in [-0.2, 0) is 4.74 Å². The fraction of sp³-hybridized carbons (Fsp3) is 0.909. The molecular weight excluding hydrogens is 194 g/mol. The smallest absolute Gasteiger partial charge is 0.414 e. The third-order valence-corrected chi connectivity index (χ3v) is 2.84. The number of aliphatic hydroxyl groups excluding tert-OH is 1. The van der Waals surface area contributed by atoms with Crippen molar-refractivity contribution in [2.24, 2.45) is 0 Å². The molecule has 0 aromatic carbocycles. The van der Waals surface area contributed by atoms with Gasteiger partial charge in [0.05, 0.1) is 13.1 Å². The molecule has 1 rings (SSSR count). The van der Waals surface area contributed by atoms with E-state index in [0.29, 0.717) is 26.1 Å². The first-order valence-electron chi connectivity index (χ1n) is 5.57. The number of aliphatic hydroxyl groups is 1. The summed E-state index contributed by atoms with van der Waals surface area (Å²) in [6, 6.07) is 0. The van der Waals surface area contributed by atoms with Crippen LogP contribution in [0.15, 0.2) is 0 Å². The Hall–Kier alpha value is -0.610. The van der Waals surface area contributed by atoms with E-state index < -0.39 is 5.60 Å². The lowest BCUT2D eigenvalue weighted by atomic mass is 10.2. The van der Waals surface area contributed by atoms with Crippen molar-refractivity contribution in [2.45, 2.75) is 45.8 Å². The molecule has 0 aliphatic carbocycles. The van der Waals surface area contributed by atoms with Gasteiger partial charge in [-0.15, -0.1) is 0 Å². The van der Waals surface area contributed by atoms with Gasteiger partial charge in [-0.2, -0.15) is 4.79 Å². The van der Waals surface area contributed by atoms with Crippen molar-refractivity contribution in [3.63, 3.8) is 0 Å². The molecular formula is C11H22NO3+. The van der Waals surface area contributed by atoms with Crippen molar-refractivity contribution in [1.82, 2.24) is 0 Å². The lowest BCUT2D eigenvalue weighted by molar-refractivity contribution is -0.845. The maximum absolute atomic E-state index is 12.0. The summed E-state index contributed by atoms with van der Waals surface area (Å²) in [5.74, 6) is 0. The molecule has 1 N–H and O–H groups in total. The highest BCUT2D eigenvalue weighted by atomic mass is 16.6. The summed E-state index contributed by atoms with van der Waals surface area (Å²) < 4.78 is 5.65. The van der Waals surface area contributed by atoms with Gasteiger partial charge in [-0.25, -0.2) is 4.48 Å². The molecule has 15 heavy (non-hydrogen) atoms.